The minimum atomic E-state index is -0.454. The molecule has 1 aliphatic rings. The summed E-state index contributed by atoms with van der Waals surface area (Å²) in [5.41, 5.74) is 1.34. The van der Waals surface area contributed by atoms with Gasteiger partial charge in [0.1, 0.15) is 18.5 Å². The first-order valence-electron chi connectivity index (χ1n) is 7.42. The molecule has 1 aromatic heterocycles. The van der Waals surface area contributed by atoms with Gasteiger partial charge in [-0.15, -0.1) is 0 Å². The van der Waals surface area contributed by atoms with E-state index in [2.05, 4.69) is 21.7 Å². The number of thiophene rings is 1. The molecular weight excluding hydrogens is 282 g/mol. The average Bonchev–Trinajstić information content (AvgIpc) is 3.24. The second-order valence-electron chi connectivity index (χ2n) is 5.57. The van der Waals surface area contributed by atoms with E-state index in [9.17, 15) is 5.11 Å². The van der Waals surface area contributed by atoms with Crippen molar-refractivity contribution in [2.45, 2.75) is 31.5 Å². The third-order valence-corrected chi connectivity index (χ3v) is 4.39. The summed E-state index contributed by atoms with van der Waals surface area (Å²) in [5.74, 6) is 0.812. The maximum atomic E-state index is 10.2. The molecule has 3 rings (SSSR count). The second kappa shape index (κ2) is 7.07. The van der Waals surface area contributed by atoms with Gasteiger partial charge in [0.05, 0.1) is 0 Å². The first-order valence-corrected chi connectivity index (χ1v) is 8.36. The summed E-state index contributed by atoms with van der Waals surface area (Å²) in [6, 6.07) is 12.5. The Morgan fingerprint density at radius 2 is 2.05 bits per heavy atom. The highest BCUT2D eigenvalue weighted by atomic mass is 32.1. The largest absolute Gasteiger partial charge is 0.491 e. The first-order chi connectivity index (χ1) is 10.3. The van der Waals surface area contributed by atoms with E-state index in [-0.39, 0.29) is 0 Å². The zero-order valence-electron chi connectivity index (χ0n) is 12.0. The van der Waals surface area contributed by atoms with Crippen molar-refractivity contribution in [1.82, 2.24) is 4.90 Å². The molecular formula is C17H21NO2S. The number of hydrogen-bond donors (Lipinski definition) is 1. The summed E-state index contributed by atoms with van der Waals surface area (Å²) >= 11 is 1.73. The molecule has 1 saturated carbocycles. The number of aliphatic hydroxyl groups excluding tert-OH is 1. The van der Waals surface area contributed by atoms with Gasteiger partial charge < -0.3 is 9.84 Å². The van der Waals surface area contributed by atoms with Gasteiger partial charge >= 0.3 is 0 Å². The van der Waals surface area contributed by atoms with E-state index in [1.165, 1.54) is 18.4 Å². The molecule has 1 fully saturated rings. The molecule has 1 unspecified atom stereocenters. The highest BCUT2D eigenvalue weighted by Gasteiger charge is 2.30. The van der Waals surface area contributed by atoms with E-state index >= 15 is 0 Å². The normalized spacial score (nSPS) is 16.1. The Morgan fingerprint density at radius 1 is 1.24 bits per heavy atom. The van der Waals surface area contributed by atoms with E-state index < -0.39 is 6.10 Å². The number of rotatable bonds is 8. The molecule has 0 saturated heterocycles. The Bertz CT molecular complexity index is 525. The third kappa shape index (κ3) is 4.56. The highest BCUT2D eigenvalue weighted by Crippen LogP contribution is 2.28. The standard InChI is InChI=1S/C17H21NO2S/c19-16(12-20-17-4-2-1-3-5-17)11-18(15-6-7-15)10-14-8-9-21-13-14/h1-5,8-9,13,15-16,19H,6-7,10-12H2. The Morgan fingerprint density at radius 3 is 2.71 bits per heavy atom. The topological polar surface area (TPSA) is 32.7 Å². The first kappa shape index (κ1) is 14.6. The van der Waals surface area contributed by atoms with E-state index in [1.807, 2.05) is 30.3 Å². The van der Waals surface area contributed by atoms with Gasteiger partial charge in [-0.2, -0.15) is 11.3 Å². The maximum Gasteiger partial charge on any atom is 0.119 e. The molecule has 112 valence electrons. The van der Waals surface area contributed by atoms with Crippen LogP contribution in [0.4, 0.5) is 0 Å². The summed E-state index contributed by atoms with van der Waals surface area (Å²) in [5, 5.41) is 14.5. The third-order valence-electron chi connectivity index (χ3n) is 3.66. The summed E-state index contributed by atoms with van der Waals surface area (Å²) in [6.07, 6.45) is 2.04. The smallest absolute Gasteiger partial charge is 0.119 e. The Kier molecular flexibility index (Phi) is 4.91. The monoisotopic (exact) mass is 303 g/mol. The Balaban J connectivity index is 1.48. The lowest BCUT2D eigenvalue weighted by molar-refractivity contribution is 0.0627. The molecule has 0 spiro atoms. The predicted octanol–water partition coefficient (Wildman–Crippen LogP) is 3.15. The van der Waals surface area contributed by atoms with Crippen molar-refractivity contribution in [2.75, 3.05) is 13.2 Å². The van der Waals surface area contributed by atoms with Crippen LogP contribution in [0.15, 0.2) is 47.2 Å². The minimum absolute atomic E-state index is 0.344. The second-order valence-corrected chi connectivity index (χ2v) is 6.35. The van der Waals surface area contributed by atoms with Gasteiger partial charge in [0.2, 0.25) is 0 Å². The van der Waals surface area contributed by atoms with E-state index in [4.69, 9.17) is 4.74 Å². The number of benzene rings is 1. The molecule has 2 aromatic rings. The summed E-state index contributed by atoms with van der Waals surface area (Å²) in [7, 11) is 0. The van der Waals surface area contributed by atoms with Gasteiger partial charge in [0.15, 0.2) is 0 Å². The molecule has 0 radical (unpaired) electrons. The van der Waals surface area contributed by atoms with Gasteiger partial charge in [-0.3, -0.25) is 4.90 Å². The van der Waals surface area contributed by atoms with Crippen LogP contribution in [0.2, 0.25) is 0 Å². The lowest BCUT2D eigenvalue weighted by Crippen LogP contribution is -2.36. The van der Waals surface area contributed by atoms with Gasteiger partial charge in [0.25, 0.3) is 0 Å². The van der Waals surface area contributed by atoms with Gasteiger partial charge in [-0.1, -0.05) is 18.2 Å². The quantitative estimate of drug-likeness (QED) is 0.813. The van der Waals surface area contributed by atoms with Gasteiger partial charge in [0, 0.05) is 19.1 Å². The number of nitrogens with zero attached hydrogens (tertiary/aromatic N) is 1. The fourth-order valence-corrected chi connectivity index (χ4v) is 3.09. The van der Waals surface area contributed by atoms with Crippen molar-refractivity contribution in [3.63, 3.8) is 0 Å². The van der Waals surface area contributed by atoms with Gasteiger partial charge in [-0.25, -0.2) is 0 Å². The SMILES string of the molecule is OC(COc1ccccc1)CN(Cc1ccsc1)C1CC1. The summed E-state index contributed by atoms with van der Waals surface area (Å²) in [6.45, 7) is 1.95. The summed E-state index contributed by atoms with van der Waals surface area (Å²) < 4.78 is 5.63. The molecule has 3 nitrogen and oxygen atoms in total. The van der Waals surface area contributed by atoms with Crippen LogP contribution in [0.5, 0.6) is 5.75 Å². The van der Waals surface area contributed by atoms with Crippen LogP contribution in [0.3, 0.4) is 0 Å². The fourth-order valence-electron chi connectivity index (χ4n) is 2.43. The molecule has 1 N–H and O–H groups in total. The van der Waals surface area contributed by atoms with E-state index in [0.717, 1.165) is 12.3 Å². The summed E-state index contributed by atoms with van der Waals surface area (Å²) in [4.78, 5) is 2.38. The van der Waals surface area contributed by atoms with Crippen LogP contribution >= 0.6 is 11.3 Å². The number of hydrogen-bond acceptors (Lipinski definition) is 4. The molecule has 0 aliphatic heterocycles. The number of ether oxygens (including phenoxy) is 1. The predicted molar refractivity (Wildman–Crippen MR) is 85.7 cm³/mol. The molecule has 21 heavy (non-hydrogen) atoms. The molecule has 0 amide bonds. The van der Waals surface area contributed by atoms with Crippen molar-refractivity contribution >= 4 is 11.3 Å². The van der Waals surface area contributed by atoms with Crippen LogP contribution in [-0.4, -0.2) is 35.3 Å². The average molecular weight is 303 g/mol. The zero-order chi connectivity index (χ0) is 14.5. The van der Waals surface area contributed by atoms with Crippen molar-refractivity contribution < 1.29 is 9.84 Å². The van der Waals surface area contributed by atoms with Crippen molar-refractivity contribution in [2.24, 2.45) is 0 Å². The van der Waals surface area contributed by atoms with Crippen molar-refractivity contribution in [3.8, 4) is 5.75 Å². The molecule has 4 heteroatoms. The van der Waals surface area contributed by atoms with Crippen LogP contribution in [0.1, 0.15) is 18.4 Å². The Labute approximate surface area is 129 Å². The Hall–Kier alpha value is -1.36. The van der Waals surface area contributed by atoms with Crippen LogP contribution in [0, 0.1) is 0 Å². The lowest BCUT2D eigenvalue weighted by atomic mass is 10.2. The molecule has 1 heterocycles. The lowest BCUT2D eigenvalue weighted by Gasteiger charge is -2.24. The maximum absolute atomic E-state index is 10.2. The van der Waals surface area contributed by atoms with Crippen molar-refractivity contribution in [1.29, 1.82) is 0 Å². The van der Waals surface area contributed by atoms with Crippen LogP contribution in [-0.2, 0) is 6.54 Å². The highest BCUT2D eigenvalue weighted by molar-refractivity contribution is 7.07. The number of para-hydroxylation sites is 1. The van der Waals surface area contributed by atoms with Crippen LogP contribution in [0.25, 0.3) is 0 Å². The van der Waals surface area contributed by atoms with E-state index in [0.29, 0.717) is 19.2 Å². The minimum Gasteiger partial charge on any atom is -0.491 e. The molecule has 0 bridgehead atoms. The van der Waals surface area contributed by atoms with Gasteiger partial charge in [-0.05, 0) is 47.4 Å². The number of aliphatic hydroxyl groups is 1. The van der Waals surface area contributed by atoms with E-state index in [1.54, 1.807) is 11.3 Å². The molecule has 1 atom stereocenters. The fraction of sp³-hybridized carbons (Fsp3) is 0.412. The molecule has 1 aliphatic carbocycles. The van der Waals surface area contributed by atoms with Crippen molar-refractivity contribution in [3.05, 3.63) is 52.7 Å². The van der Waals surface area contributed by atoms with Crippen LogP contribution < -0.4 is 4.74 Å². The zero-order valence-corrected chi connectivity index (χ0v) is 12.8. The molecule has 1 aromatic carbocycles.